The van der Waals surface area contributed by atoms with Gasteiger partial charge in [0, 0.05) is 0 Å². The first-order chi connectivity index (χ1) is 16.9. The van der Waals surface area contributed by atoms with Crippen molar-refractivity contribution in [3.05, 3.63) is 76.7 Å². The number of hydrogen-bond donors (Lipinski definition) is 2. The van der Waals surface area contributed by atoms with Crippen molar-refractivity contribution in [2.24, 2.45) is 0 Å². The number of nitrogens with zero attached hydrogens (tertiary/aromatic N) is 1. The van der Waals surface area contributed by atoms with E-state index >= 15 is 0 Å². The van der Waals surface area contributed by atoms with Crippen molar-refractivity contribution in [2.45, 2.75) is 23.8 Å². The van der Waals surface area contributed by atoms with Gasteiger partial charge in [0.05, 0.1) is 0 Å². The minimum atomic E-state index is -1.22. The minimum absolute atomic E-state index is 0.0264. The van der Waals surface area contributed by atoms with Gasteiger partial charge in [-0.15, -0.1) is 0 Å². The van der Waals surface area contributed by atoms with Crippen molar-refractivity contribution in [2.75, 3.05) is 24.7 Å². The number of carbonyl (C=O) groups is 2. The number of nitrogens with one attached hydrogen (secondary N) is 2. The van der Waals surface area contributed by atoms with Crippen molar-refractivity contribution in [1.82, 2.24) is 10.3 Å². The first-order valence-corrected chi connectivity index (χ1v) is 14.4. The second-order valence-corrected chi connectivity index (χ2v) is 11.5. The van der Waals surface area contributed by atoms with E-state index in [9.17, 15) is 14.0 Å². The van der Waals surface area contributed by atoms with Crippen molar-refractivity contribution in [3.8, 4) is 5.75 Å². The van der Waals surface area contributed by atoms with Gasteiger partial charge in [0.25, 0.3) is 0 Å². The third-order valence-corrected chi connectivity index (χ3v) is 8.56. The van der Waals surface area contributed by atoms with Crippen LogP contribution in [-0.2, 0) is 0 Å². The van der Waals surface area contributed by atoms with Gasteiger partial charge in [-0.2, -0.15) is 0 Å². The van der Waals surface area contributed by atoms with E-state index in [1.807, 2.05) is 18.4 Å². The van der Waals surface area contributed by atoms with Gasteiger partial charge < -0.3 is 0 Å². The van der Waals surface area contributed by atoms with E-state index in [4.69, 9.17) is 16.3 Å². The van der Waals surface area contributed by atoms with Gasteiger partial charge >= 0.3 is 220 Å². The van der Waals surface area contributed by atoms with Crippen molar-refractivity contribution < 1.29 is 18.7 Å². The number of benzene rings is 2. The van der Waals surface area contributed by atoms with E-state index in [-0.39, 0.29) is 16.2 Å². The van der Waals surface area contributed by atoms with E-state index in [2.05, 4.69) is 15.6 Å². The predicted molar refractivity (Wildman–Crippen MR) is 138 cm³/mol. The number of ether oxygens (including phenoxy) is 1. The summed E-state index contributed by atoms with van der Waals surface area (Å²) in [7, 11) is 0. The number of pyridine rings is 1. The first-order valence-electron chi connectivity index (χ1n) is 11.0. The first kappa shape index (κ1) is 25.7. The molecule has 2 heterocycles. The number of halogens is 2. The zero-order chi connectivity index (χ0) is 24.8. The average Bonchev–Trinajstić information content (AvgIpc) is 2.86. The van der Waals surface area contributed by atoms with Crippen LogP contribution in [0.5, 0.6) is 5.75 Å². The van der Waals surface area contributed by atoms with E-state index in [1.54, 1.807) is 30.0 Å². The van der Waals surface area contributed by atoms with Crippen LogP contribution in [0, 0.1) is 5.82 Å². The van der Waals surface area contributed by atoms with Gasteiger partial charge in [-0.1, -0.05) is 0 Å². The molecule has 3 aromatic rings. The number of hydrogen-bond acceptors (Lipinski definition) is 6. The number of amides is 1. The van der Waals surface area contributed by atoms with E-state index < -0.39 is 27.5 Å². The third kappa shape index (κ3) is 6.85. The Labute approximate surface area is 219 Å². The molecule has 1 fully saturated rings. The molecule has 0 bridgehead atoms. The molecule has 1 radical (unpaired) electrons. The molecule has 1 aliphatic rings. The van der Waals surface area contributed by atoms with Gasteiger partial charge in [0.2, 0.25) is 0 Å². The quantitative estimate of drug-likeness (QED) is 0.311. The number of anilines is 1. The summed E-state index contributed by atoms with van der Waals surface area (Å²) >= 11 is 6.20. The van der Waals surface area contributed by atoms with Gasteiger partial charge in [-0.3, -0.25) is 0 Å². The van der Waals surface area contributed by atoms with Gasteiger partial charge in [-0.25, -0.2) is 0 Å². The van der Waals surface area contributed by atoms with Crippen LogP contribution in [0.2, 0.25) is 5.02 Å². The molecule has 35 heavy (non-hydrogen) atoms. The monoisotopic (exact) mass is 574 g/mol. The molecule has 0 atom stereocenters. The second kappa shape index (κ2) is 12.0. The summed E-state index contributed by atoms with van der Waals surface area (Å²) in [4.78, 5) is 31.4. The van der Waals surface area contributed by atoms with E-state index in [0.717, 1.165) is 30.8 Å². The molecule has 6 nitrogen and oxygen atoms in total. The van der Waals surface area contributed by atoms with Crippen LogP contribution in [0.3, 0.4) is 0 Å². The van der Waals surface area contributed by atoms with Crippen LogP contribution in [0.15, 0.2) is 59.6 Å². The Morgan fingerprint density at radius 2 is 1.91 bits per heavy atom. The SMILES string of the molecule is CSc1ccc(C(=O)[As]c2cc(F)ccc2C(=O)Nc2ccc(Cl)cn2)c(OC2CCNCC2)c1. The molecule has 1 aromatic heterocycles. The summed E-state index contributed by atoms with van der Waals surface area (Å²) in [5.41, 5.74) is 0.689. The molecule has 4 rings (SSSR count). The topological polar surface area (TPSA) is 80.3 Å². The molecular formula is C25H23AsClFN3O3S. The Morgan fingerprint density at radius 1 is 1.14 bits per heavy atom. The fraction of sp³-hybridized carbons (Fsp3) is 0.240. The molecule has 2 aromatic carbocycles. The Bertz CT molecular complexity index is 1220. The number of thioether (sulfide) groups is 1. The summed E-state index contributed by atoms with van der Waals surface area (Å²) in [5, 5.41) is 6.42. The van der Waals surface area contributed by atoms with E-state index in [0.29, 0.717) is 26.5 Å². The zero-order valence-corrected chi connectivity index (χ0v) is 22.3. The molecule has 181 valence electrons. The van der Waals surface area contributed by atoms with Crippen LogP contribution in [0.1, 0.15) is 33.6 Å². The summed E-state index contributed by atoms with van der Waals surface area (Å²) in [5.74, 6) is -0.130. The van der Waals surface area contributed by atoms with Gasteiger partial charge in [0.1, 0.15) is 0 Å². The van der Waals surface area contributed by atoms with Gasteiger partial charge in [0.15, 0.2) is 0 Å². The van der Waals surface area contributed by atoms with Crippen LogP contribution < -0.4 is 19.7 Å². The second-order valence-electron chi connectivity index (χ2n) is 7.82. The summed E-state index contributed by atoms with van der Waals surface area (Å²) in [6, 6.07) is 12.5. The molecule has 0 spiro atoms. The molecule has 1 amide bonds. The maximum absolute atomic E-state index is 14.1. The average molecular weight is 575 g/mol. The molecule has 0 aliphatic carbocycles. The summed E-state index contributed by atoms with van der Waals surface area (Å²) < 4.78 is 20.6. The van der Waals surface area contributed by atoms with Crippen molar-refractivity contribution >= 4 is 59.8 Å². The fourth-order valence-electron chi connectivity index (χ4n) is 3.59. The van der Waals surface area contributed by atoms with Gasteiger partial charge in [-0.05, 0) is 0 Å². The van der Waals surface area contributed by atoms with Crippen LogP contribution in [0.25, 0.3) is 0 Å². The summed E-state index contributed by atoms with van der Waals surface area (Å²) in [6.45, 7) is 1.73. The molecule has 1 saturated heterocycles. The number of carbonyl (C=O) groups excluding carboxylic acids is 2. The normalized spacial score (nSPS) is 14.3. The zero-order valence-electron chi connectivity index (χ0n) is 18.9. The Kier molecular flexibility index (Phi) is 8.84. The standard InChI is InChI=1S/C25H23AsClFN3O3S/c1-35-18-4-6-20(22(13-18)34-17-8-10-29-11-9-17)24(32)26-21-12-16(28)3-5-19(21)25(33)31-23-7-2-15(27)14-30-23/h2-7,12-14,17,29H,8-11H2,1H3,(H,30,31,33). The number of aromatic nitrogens is 1. The Hall–Kier alpha value is -2.38. The number of rotatable bonds is 8. The van der Waals surface area contributed by atoms with E-state index in [1.165, 1.54) is 24.4 Å². The van der Waals surface area contributed by atoms with Crippen molar-refractivity contribution in [3.63, 3.8) is 0 Å². The molecule has 2 N–H and O–H groups in total. The van der Waals surface area contributed by atoms with Crippen molar-refractivity contribution in [1.29, 1.82) is 0 Å². The fourth-order valence-corrected chi connectivity index (χ4v) is 6.25. The van der Waals surface area contributed by atoms with Crippen LogP contribution >= 0.6 is 23.4 Å². The Morgan fingerprint density at radius 3 is 2.63 bits per heavy atom. The van der Waals surface area contributed by atoms with Crippen LogP contribution in [-0.4, -0.2) is 56.7 Å². The molecule has 1 aliphatic heterocycles. The Balaban J connectivity index is 1.58. The molecule has 0 saturated carbocycles. The molecular weight excluding hydrogens is 552 g/mol. The predicted octanol–water partition coefficient (Wildman–Crippen LogP) is 4.15. The number of piperidine rings is 1. The summed E-state index contributed by atoms with van der Waals surface area (Å²) in [6.07, 6.45) is 5.12. The maximum atomic E-state index is 14.1. The molecule has 10 heteroatoms. The molecule has 0 unspecified atom stereocenters. The third-order valence-electron chi connectivity index (χ3n) is 5.39. The van der Waals surface area contributed by atoms with Crippen LogP contribution in [0.4, 0.5) is 10.2 Å².